The minimum absolute atomic E-state index is 0.0172. The van der Waals surface area contributed by atoms with Gasteiger partial charge < -0.3 is 9.63 Å². The summed E-state index contributed by atoms with van der Waals surface area (Å²) in [4.78, 5) is 6.56. The Morgan fingerprint density at radius 3 is 3.00 bits per heavy atom. The fourth-order valence-corrected chi connectivity index (χ4v) is 2.79. The van der Waals surface area contributed by atoms with Crippen molar-refractivity contribution in [2.45, 2.75) is 32.4 Å². The maximum Gasteiger partial charge on any atom is 0.226 e. The third-order valence-corrected chi connectivity index (χ3v) is 3.85. The number of rotatable bonds is 4. The zero-order valence-electron chi connectivity index (χ0n) is 11.6. The van der Waals surface area contributed by atoms with Crippen LogP contribution in [0.3, 0.4) is 0 Å². The van der Waals surface area contributed by atoms with Crippen LogP contribution in [0.4, 0.5) is 0 Å². The van der Waals surface area contributed by atoms with Gasteiger partial charge in [-0.1, -0.05) is 36.3 Å². The zero-order chi connectivity index (χ0) is 13.9. The first kappa shape index (κ1) is 13.3. The number of hydrogen-bond acceptors (Lipinski definition) is 5. The second-order valence-corrected chi connectivity index (χ2v) is 5.08. The smallest absolute Gasteiger partial charge is 0.226 e. The third kappa shape index (κ3) is 2.46. The van der Waals surface area contributed by atoms with Gasteiger partial charge in [-0.3, -0.25) is 4.90 Å². The Kier molecular flexibility index (Phi) is 3.80. The van der Waals surface area contributed by atoms with Crippen molar-refractivity contribution in [1.29, 1.82) is 0 Å². The number of aromatic nitrogens is 2. The molecular weight excluding hydrogens is 254 g/mol. The molecule has 1 aliphatic rings. The maximum absolute atomic E-state index is 9.73. The van der Waals surface area contributed by atoms with Crippen molar-refractivity contribution in [3.63, 3.8) is 0 Å². The predicted octanol–water partition coefficient (Wildman–Crippen LogP) is 1.72. The second kappa shape index (κ2) is 5.73. The quantitative estimate of drug-likeness (QED) is 0.919. The van der Waals surface area contributed by atoms with Crippen LogP contribution >= 0.6 is 0 Å². The summed E-state index contributed by atoms with van der Waals surface area (Å²) in [5.74, 6) is 1.36. The zero-order valence-corrected chi connectivity index (χ0v) is 11.6. The van der Waals surface area contributed by atoms with E-state index in [2.05, 4.69) is 33.2 Å². The van der Waals surface area contributed by atoms with Crippen molar-refractivity contribution in [1.82, 2.24) is 15.0 Å². The van der Waals surface area contributed by atoms with E-state index in [1.54, 1.807) is 0 Å². The van der Waals surface area contributed by atoms with Gasteiger partial charge in [-0.15, -0.1) is 0 Å². The number of benzene rings is 1. The van der Waals surface area contributed by atoms with Gasteiger partial charge in [-0.05, 0) is 17.5 Å². The van der Waals surface area contributed by atoms with Crippen molar-refractivity contribution in [2.75, 3.05) is 13.2 Å². The van der Waals surface area contributed by atoms with Gasteiger partial charge in [0, 0.05) is 13.0 Å². The molecule has 1 unspecified atom stereocenters. The lowest BCUT2D eigenvalue weighted by atomic mass is 9.93. The Balaban J connectivity index is 1.80. The summed E-state index contributed by atoms with van der Waals surface area (Å²) in [6.07, 6.45) is 1.74. The monoisotopic (exact) mass is 273 g/mol. The molecule has 0 saturated carbocycles. The average Bonchev–Trinajstić information content (AvgIpc) is 2.95. The number of aliphatic hydroxyl groups is 1. The van der Waals surface area contributed by atoms with Crippen molar-refractivity contribution in [3.8, 4) is 0 Å². The molecule has 2 aromatic rings. The summed E-state index contributed by atoms with van der Waals surface area (Å²) in [7, 11) is 0. The normalized spacial score (nSPS) is 19.0. The lowest BCUT2D eigenvalue weighted by Gasteiger charge is -2.35. The summed E-state index contributed by atoms with van der Waals surface area (Å²) >= 11 is 0. The van der Waals surface area contributed by atoms with Crippen LogP contribution in [0.1, 0.15) is 35.8 Å². The second-order valence-electron chi connectivity index (χ2n) is 5.08. The average molecular weight is 273 g/mol. The van der Waals surface area contributed by atoms with Crippen molar-refractivity contribution in [3.05, 3.63) is 47.1 Å². The number of aryl methyl sites for hydroxylation is 1. The van der Waals surface area contributed by atoms with E-state index in [0.29, 0.717) is 18.3 Å². The SMILES string of the molecule is CCc1nc(CN2CCc3ccccc3C2CO)no1. The molecule has 2 heterocycles. The molecule has 5 nitrogen and oxygen atoms in total. The van der Waals surface area contributed by atoms with E-state index in [9.17, 15) is 5.11 Å². The largest absolute Gasteiger partial charge is 0.394 e. The fourth-order valence-electron chi connectivity index (χ4n) is 2.79. The lowest BCUT2D eigenvalue weighted by Crippen LogP contribution is -2.37. The number of fused-ring (bicyclic) bond motifs is 1. The molecule has 1 aromatic carbocycles. The van der Waals surface area contributed by atoms with Gasteiger partial charge >= 0.3 is 0 Å². The van der Waals surface area contributed by atoms with Crippen molar-refractivity contribution >= 4 is 0 Å². The molecule has 0 spiro atoms. The first-order valence-corrected chi connectivity index (χ1v) is 7.06. The van der Waals surface area contributed by atoms with E-state index in [1.807, 2.05) is 13.0 Å². The van der Waals surface area contributed by atoms with Crippen LogP contribution in [0.25, 0.3) is 0 Å². The summed E-state index contributed by atoms with van der Waals surface area (Å²) < 4.78 is 5.14. The summed E-state index contributed by atoms with van der Waals surface area (Å²) in [6.45, 7) is 3.61. The molecule has 0 bridgehead atoms. The van der Waals surface area contributed by atoms with Gasteiger partial charge in [-0.2, -0.15) is 4.98 Å². The van der Waals surface area contributed by atoms with Crippen LogP contribution in [0.5, 0.6) is 0 Å². The highest BCUT2D eigenvalue weighted by Crippen LogP contribution is 2.30. The van der Waals surface area contributed by atoms with E-state index in [-0.39, 0.29) is 12.6 Å². The van der Waals surface area contributed by atoms with E-state index < -0.39 is 0 Å². The van der Waals surface area contributed by atoms with Crippen LogP contribution < -0.4 is 0 Å². The lowest BCUT2D eigenvalue weighted by molar-refractivity contribution is 0.105. The van der Waals surface area contributed by atoms with Crippen LogP contribution in [-0.4, -0.2) is 33.3 Å². The van der Waals surface area contributed by atoms with Crippen LogP contribution in [-0.2, 0) is 19.4 Å². The molecule has 0 radical (unpaired) electrons. The maximum atomic E-state index is 9.73. The number of aliphatic hydroxyl groups excluding tert-OH is 1. The molecule has 0 saturated heterocycles. The Morgan fingerprint density at radius 2 is 2.25 bits per heavy atom. The van der Waals surface area contributed by atoms with E-state index in [0.717, 1.165) is 19.4 Å². The van der Waals surface area contributed by atoms with Crippen molar-refractivity contribution < 1.29 is 9.63 Å². The van der Waals surface area contributed by atoms with Gasteiger partial charge in [0.25, 0.3) is 0 Å². The van der Waals surface area contributed by atoms with E-state index in [4.69, 9.17) is 4.52 Å². The molecule has 20 heavy (non-hydrogen) atoms. The molecule has 106 valence electrons. The topological polar surface area (TPSA) is 62.4 Å². The van der Waals surface area contributed by atoms with E-state index in [1.165, 1.54) is 11.1 Å². The van der Waals surface area contributed by atoms with Gasteiger partial charge in [0.15, 0.2) is 5.82 Å². The van der Waals surface area contributed by atoms with Crippen molar-refractivity contribution in [2.24, 2.45) is 0 Å². The molecule has 5 heteroatoms. The Bertz CT molecular complexity index is 582. The Labute approximate surface area is 118 Å². The molecule has 0 amide bonds. The molecule has 0 fully saturated rings. The van der Waals surface area contributed by atoms with E-state index >= 15 is 0 Å². The minimum Gasteiger partial charge on any atom is -0.394 e. The third-order valence-electron chi connectivity index (χ3n) is 3.85. The van der Waals surface area contributed by atoms with Gasteiger partial charge in [0.05, 0.1) is 19.2 Å². The van der Waals surface area contributed by atoms with Crippen LogP contribution in [0.15, 0.2) is 28.8 Å². The van der Waals surface area contributed by atoms with Crippen LogP contribution in [0.2, 0.25) is 0 Å². The fraction of sp³-hybridized carbons (Fsp3) is 0.467. The van der Waals surface area contributed by atoms with Gasteiger partial charge in [-0.25, -0.2) is 0 Å². The molecule has 3 rings (SSSR count). The van der Waals surface area contributed by atoms with Gasteiger partial charge in [0.2, 0.25) is 5.89 Å². The summed E-state index contributed by atoms with van der Waals surface area (Å²) in [5, 5.41) is 13.7. The highest BCUT2D eigenvalue weighted by molar-refractivity contribution is 5.32. The molecule has 1 atom stereocenters. The first-order valence-electron chi connectivity index (χ1n) is 7.06. The molecule has 1 aliphatic heterocycles. The molecule has 1 N–H and O–H groups in total. The predicted molar refractivity (Wildman–Crippen MR) is 74.1 cm³/mol. The molecule has 1 aromatic heterocycles. The minimum atomic E-state index is 0.0172. The van der Waals surface area contributed by atoms with Gasteiger partial charge in [0.1, 0.15) is 0 Å². The molecular formula is C15H19N3O2. The molecule has 0 aliphatic carbocycles. The first-order chi connectivity index (χ1) is 9.81. The number of nitrogens with zero attached hydrogens (tertiary/aromatic N) is 3. The Hall–Kier alpha value is -1.72. The highest BCUT2D eigenvalue weighted by atomic mass is 16.5. The Morgan fingerprint density at radius 1 is 1.40 bits per heavy atom. The van der Waals surface area contributed by atoms with Crippen LogP contribution in [0, 0.1) is 0 Å². The standard InChI is InChI=1S/C15H19N3O2/c1-2-15-16-14(17-20-15)9-18-8-7-11-5-3-4-6-12(11)13(18)10-19/h3-6,13,19H,2,7-10H2,1H3. The highest BCUT2D eigenvalue weighted by Gasteiger charge is 2.27. The summed E-state index contributed by atoms with van der Waals surface area (Å²) in [5.41, 5.74) is 2.53. The summed E-state index contributed by atoms with van der Waals surface area (Å²) in [6, 6.07) is 8.32. The number of hydrogen-bond donors (Lipinski definition) is 1.